The Morgan fingerprint density at radius 3 is 2.35 bits per heavy atom. The second-order valence-electron chi connectivity index (χ2n) is 5.95. The van der Waals surface area contributed by atoms with Gasteiger partial charge in [0.15, 0.2) is 0 Å². The Kier molecular flexibility index (Phi) is 5.15. The predicted molar refractivity (Wildman–Crippen MR) is 111 cm³/mol. The van der Waals surface area contributed by atoms with Gasteiger partial charge < -0.3 is 15.1 Å². The van der Waals surface area contributed by atoms with Crippen LogP contribution in [-0.2, 0) is 0 Å². The lowest BCUT2D eigenvalue weighted by atomic mass is 10.2. The van der Waals surface area contributed by atoms with Crippen LogP contribution in [0.15, 0.2) is 48.5 Å². The first-order valence-corrected chi connectivity index (χ1v) is 9.87. The van der Waals surface area contributed by atoms with E-state index in [1.54, 1.807) is 12.1 Å². The summed E-state index contributed by atoms with van der Waals surface area (Å²) < 4.78 is 0. The van der Waals surface area contributed by atoms with Crippen LogP contribution in [0.2, 0.25) is 10.0 Å². The second-order valence-corrected chi connectivity index (χ2v) is 7.75. The fourth-order valence-corrected chi connectivity index (χ4v) is 4.16. The number of nitrogens with zero attached hydrogens (tertiary/aromatic N) is 4. The zero-order chi connectivity index (χ0) is 17.9. The summed E-state index contributed by atoms with van der Waals surface area (Å²) in [4.78, 5) is 4.66. The zero-order valence-corrected chi connectivity index (χ0v) is 16.2. The van der Waals surface area contributed by atoms with Crippen molar-refractivity contribution >= 4 is 56.2 Å². The van der Waals surface area contributed by atoms with Gasteiger partial charge in [-0.25, -0.2) is 0 Å². The molecule has 26 heavy (non-hydrogen) atoms. The Labute approximate surface area is 166 Å². The number of hydrogen-bond donors (Lipinski definition) is 1. The topological polar surface area (TPSA) is 44.3 Å². The fourth-order valence-electron chi connectivity index (χ4n) is 2.89. The molecule has 134 valence electrons. The van der Waals surface area contributed by atoms with E-state index in [1.165, 1.54) is 17.0 Å². The highest BCUT2D eigenvalue weighted by molar-refractivity contribution is 7.19. The molecule has 0 aliphatic carbocycles. The van der Waals surface area contributed by atoms with Gasteiger partial charge in [0.05, 0.1) is 10.7 Å². The first kappa shape index (κ1) is 17.4. The number of anilines is 4. The van der Waals surface area contributed by atoms with E-state index in [2.05, 4.69) is 49.6 Å². The van der Waals surface area contributed by atoms with Crippen molar-refractivity contribution in [3.05, 3.63) is 58.6 Å². The van der Waals surface area contributed by atoms with E-state index in [0.29, 0.717) is 10.0 Å². The standard InChI is InChI=1S/C18H17Cl2N5S/c19-13-6-7-16(15(20)12-13)21-17-22-23-18(26-17)25-10-8-24(9-11-25)14-4-2-1-3-5-14/h1-7,12H,8-11H2,(H,21,22). The summed E-state index contributed by atoms with van der Waals surface area (Å²) in [5.74, 6) is 0. The van der Waals surface area contributed by atoms with E-state index in [9.17, 15) is 0 Å². The minimum atomic E-state index is 0.561. The molecule has 8 heteroatoms. The molecule has 1 N–H and O–H groups in total. The maximum atomic E-state index is 6.20. The molecule has 0 spiro atoms. The minimum absolute atomic E-state index is 0.561. The molecule has 0 bridgehead atoms. The summed E-state index contributed by atoms with van der Waals surface area (Å²) in [5, 5.41) is 14.6. The summed E-state index contributed by atoms with van der Waals surface area (Å²) >= 11 is 13.7. The van der Waals surface area contributed by atoms with Gasteiger partial charge in [0.25, 0.3) is 0 Å². The van der Waals surface area contributed by atoms with E-state index in [1.807, 2.05) is 12.1 Å². The Bertz CT molecular complexity index is 878. The minimum Gasteiger partial charge on any atom is -0.368 e. The van der Waals surface area contributed by atoms with E-state index >= 15 is 0 Å². The van der Waals surface area contributed by atoms with Gasteiger partial charge in [-0.15, -0.1) is 10.2 Å². The van der Waals surface area contributed by atoms with Gasteiger partial charge in [0.1, 0.15) is 0 Å². The van der Waals surface area contributed by atoms with Crippen molar-refractivity contribution in [2.24, 2.45) is 0 Å². The van der Waals surface area contributed by atoms with E-state index in [4.69, 9.17) is 23.2 Å². The number of benzene rings is 2. The van der Waals surface area contributed by atoms with Gasteiger partial charge in [-0.05, 0) is 30.3 Å². The van der Waals surface area contributed by atoms with Crippen molar-refractivity contribution in [1.29, 1.82) is 0 Å². The third kappa shape index (κ3) is 3.87. The van der Waals surface area contributed by atoms with Gasteiger partial charge in [0.2, 0.25) is 10.3 Å². The van der Waals surface area contributed by atoms with Crippen LogP contribution in [0.5, 0.6) is 0 Å². The molecule has 0 saturated carbocycles. The Morgan fingerprint density at radius 1 is 0.885 bits per heavy atom. The summed E-state index contributed by atoms with van der Waals surface area (Å²) in [5.41, 5.74) is 2.04. The Hall–Kier alpha value is -2.02. The summed E-state index contributed by atoms with van der Waals surface area (Å²) in [7, 11) is 0. The number of aromatic nitrogens is 2. The number of rotatable bonds is 4. The summed E-state index contributed by atoms with van der Waals surface area (Å²) in [6.45, 7) is 3.78. The average molecular weight is 406 g/mol. The molecule has 1 saturated heterocycles. The summed E-state index contributed by atoms with van der Waals surface area (Å²) in [6, 6.07) is 15.8. The number of piperazine rings is 1. The van der Waals surface area contributed by atoms with Crippen molar-refractivity contribution < 1.29 is 0 Å². The van der Waals surface area contributed by atoms with Crippen LogP contribution in [0.25, 0.3) is 0 Å². The van der Waals surface area contributed by atoms with Crippen molar-refractivity contribution in [3.8, 4) is 0 Å². The maximum Gasteiger partial charge on any atom is 0.211 e. The SMILES string of the molecule is Clc1ccc(Nc2nnc(N3CCN(c4ccccc4)CC3)s2)c(Cl)c1. The van der Waals surface area contributed by atoms with Crippen LogP contribution in [0.4, 0.5) is 21.6 Å². The Balaban J connectivity index is 1.39. The highest BCUT2D eigenvalue weighted by atomic mass is 35.5. The molecule has 2 aromatic carbocycles. The van der Waals surface area contributed by atoms with Crippen LogP contribution < -0.4 is 15.1 Å². The molecular weight excluding hydrogens is 389 g/mol. The molecule has 1 aliphatic rings. The number of hydrogen-bond acceptors (Lipinski definition) is 6. The largest absolute Gasteiger partial charge is 0.368 e. The van der Waals surface area contributed by atoms with Crippen molar-refractivity contribution in [2.45, 2.75) is 0 Å². The first-order chi connectivity index (χ1) is 12.7. The molecular formula is C18H17Cl2N5S. The van der Waals surface area contributed by atoms with E-state index < -0.39 is 0 Å². The van der Waals surface area contributed by atoms with Gasteiger partial charge >= 0.3 is 0 Å². The summed E-state index contributed by atoms with van der Waals surface area (Å²) in [6.07, 6.45) is 0. The molecule has 0 radical (unpaired) electrons. The normalized spacial score (nSPS) is 14.5. The highest BCUT2D eigenvalue weighted by Crippen LogP contribution is 2.32. The van der Waals surface area contributed by atoms with Gasteiger partial charge in [0, 0.05) is 36.9 Å². The second kappa shape index (κ2) is 7.70. The lowest BCUT2D eigenvalue weighted by Gasteiger charge is -2.35. The lowest BCUT2D eigenvalue weighted by Crippen LogP contribution is -2.46. The molecule has 0 amide bonds. The third-order valence-corrected chi connectivity index (χ3v) is 5.71. The maximum absolute atomic E-state index is 6.20. The van der Waals surface area contributed by atoms with Crippen LogP contribution in [-0.4, -0.2) is 36.4 Å². The van der Waals surface area contributed by atoms with Crippen LogP contribution >= 0.6 is 34.5 Å². The zero-order valence-electron chi connectivity index (χ0n) is 13.9. The molecule has 5 nitrogen and oxygen atoms in total. The van der Waals surface area contributed by atoms with Crippen molar-refractivity contribution in [2.75, 3.05) is 41.3 Å². The van der Waals surface area contributed by atoms with Gasteiger partial charge in [-0.2, -0.15) is 0 Å². The van der Waals surface area contributed by atoms with E-state index in [0.717, 1.165) is 42.1 Å². The van der Waals surface area contributed by atoms with Crippen molar-refractivity contribution in [3.63, 3.8) is 0 Å². The molecule has 1 fully saturated rings. The predicted octanol–water partition coefficient (Wildman–Crippen LogP) is 4.92. The van der Waals surface area contributed by atoms with Gasteiger partial charge in [-0.1, -0.05) is 52.7 Å². The lowest BCUT2D eigenvalue weighted by molar-refractivity contribution is 0.650. The van der Waals surface area contributed by atoms with Crippen LogP contribution in [0.1, 0.15) is 0 Å². The van der Waals surface area contributed by atoms with Crippen LogP contribution in [0.3, 0.4) is 0 Å². The quantitative estimate of drug-likeness (QED) is 0.667. The molecule has 1 aromatic heterocycles. The first-order valence-electron chi connectivity index (χ1n) is 8.29. The van der Waals surface area contributed by atoms with Crippen LogP contribution in [0, 0.1) is 0 Å². The highest BCUT2D eigenvalue weighted by Gasteiger charge is 2.20. The third-order valence-electron chi connectivity index (χ3n) is 4.26. The Morgan fingerprint density at radius 2 is 1.62 bits per heavy atom. The molecule has 2 heterocycles. The smallest absolute Gasteiger partial charge is 0.211 e. The molecule has 1 aliphatic heterocycles. The van der Waals surface area contributed by atoms with E-state index in [-0.39, 0.29) is 0 Å². The molecule has 4 rings (SSSR count). The average Bonchev–Trinajstić information content (AvgIpc) is 3.14. The molecule has 3 aromatic rings. The monoisotopic (exact) mass is 405 g/mol. The number of nitrogens with one attached hydrogen (secondary N) is 1. The number of para-hydroxylation sites is 1. The molecule has 0 unspecified atom stereocenters. The molecule has 0 atom stereocenters. The van der Waals surface area contributed by atoms with Crippen molar-refractivity contribution in [1.82, 2.24) is 10.2 Å². The number of halogens is 2. The fraction of sp³-hybridized carbons (Fsp3) is 0.222. The van der Waals surface area contributed by atoms with Gasteiger partial charge in [-0.3, -0.25) is 0 Å².